The number of hydrogen-bond acceptors (Lipinski definition) is 5. The fourth-order valence-corrected chi connectivity index (χ4v) is 1.79. The highest BCUT2D eigenvalue weighted by atomic mass is 16.5. The van der Waals surface area contributed by atoms with Gasteiger partial charge in [0.2, 0.25) is 5.91 Å². The van der Waals surface area contributed by atoms with Crippen molar-refractivity contribution in [3.05, 3.63) is 59.4 Å². The summed E-state index contributed by atoms with van der Waals surface area (Å²) in [5, 5.41) is 2.62. The summed E-state index contributed by atoms with van der Waals surface area (Å²) in [6.07, 6.45) is 0. The van der Waals surface area contributed by atoms with Gasteiger partial charge < -0.3 is 15.8 Å². The van der Waals surface area contributed by atoms with Crippen molar-refractivity contribution in [2.24, 2.45) is 5.73 Å². The number of carbonyl (C=O) groups is 3. The molecule has 0 atom stereocenters. The zero-order chi connectivity index (χ0) is 16.8. The van der Waals surface area contributed by atoms with Crippen LogP contribution < -0.4 is 11.1 Å². The number of carbonyl (C=O) groups excluding carboxylic acids is 3. The Morgan fingerprint density at radius 3 is 2.35 bits per heavy atom. The second kappa shape index (κ2) is 7.17. The predicted octanol–water partition coefficient (Wildman–Crippen LogP) is 1.61. The molecule has 2 rings (SSSR count). The van der Waals surface area contributed by atoms with Gasteiger partial charge in [-0.1, -0.05) is 6.07 Å². The summed E-state index contributed by atoms with van der Waals surface area (Å²) >= 11 is 0. The van der Waals surface area contributed by atoms with Gasteiger partial charge in [-0.15, -0.1) is 0 Å². The number of ether oxygens (including phenoxy) is 1. The predicted molar refractivity (Wildman–Crippen MR) is 83.1 cm³/mol. The molecule has 0 saturated heterocycles. The van der Waals surface area contributed by atoms with E-state index in [1.54, 1.807) is 25.1 Å². The highest BCUT2D eigenvalue weighted by Crippen LogP contribution is 2.11. The molecule has 2 aromatic rings. The summed E-state index contributed by atoms with van der Waals surface area (Å²) in [5.41, 5.74) is 6.10. The van der Waals surface area contributed by atoms with E-state index in [0.717, 1.165) is 0 Å². The Hall–Kier alpha value is -3.22. The van der Waals surface area contributed by atoms with Gasteiger partial charge in [0.25, 0.3) is 5.91 Å². The minimum atomic E-state index is -0.590. The van der Waals surface area contributed by atoms with Crippen LogP contribution >= 0.6 is 0 Å². The largest absolute Gasteiger partial charge is 0.461 e. The van der Waals surface area contributed by atoms with Crippen molar-refractivity contribution < 1.29 is 19.1 Å². The SMILES string of the molecule is CCOC(=O)c1cccc(C(=O)Nc2ccc(C(N)=O)cc2)n1. The maximum atomic E-state index is 12.1. The van der Waals surface area contributed by atoms with E-state index >= 15 is 0 Å². The summed E-state index contributed by atoms with van der Waals surface area (Å²) in [6.45, 7) is 1.91. The van der Waals surface area contributed by atoms with Crippen molar-refractivity contribution in [2.75, 3.05) is 11.9 Å². The zero-order valence-corrected chi connectivity index (χ0v) is 12.4. The maximum Gasteiger partial charge on any atom is 0.356 e. The number of anilines is 1. The molecule has 7 nitrogen and oxygen atoms in total. The number of nitrogens with zero attached hydrogens (tertiary/aromatic N) is 1. The molecule has 0 aliphatic carbocycles. The van der Waals surface area contributed by atoms with Crippen LogP contribution in [0.15, 0.2) is 42.5 Å². The number of hydrogen-bond donors (Lipinski definition) is 2. The lowest BCUT2D eigenvalue weighted by atomic mass is 10.2. The molecule has 3 N–H and O–H groups in total. The molecule has 7 heteroatoms. The first-order chi connectivity index (χ1) is 11.0. The maximum absolute atomic E-state index is 12.1. The number of esters is 1. The van der Waals surface area contributed by atoms with Crippen LogP contribution in [0.2, 0.25) is 0 Å². The lowest BCUT2D eigenvalue weighted by Gasteiger charge is -2.06. The van der Waals surface area contributed by atoms with E-state index in [0.29, 0.717) is 11.3 Å². The molecule has 2 amide bonds. The number of benzene rings is 1. The average molecular weight is 313 g/mol. The van der Waals surface area contributed by atoms with Crippen molar-refractivity contribution in [2.45, 2.75) is 6.92 Å². The van der Waals surface area contributed by atoms with Crippen LogP contribution in [0.1, 0.15) is 38.3 Å². The molecule has 0 unspecified atom stereocenters. The number of pyridine rings is 1. The average Bonchev–Trinajstić information content (AvgIpc) is 2.55. The van der Waals surface area contributed by atoms with E-state index in [1.807, 2.05) is 0 Å². The topological polar surface area (TPSA) is 111 Å². The van der Waals surface area contributed by atoms with Crippen LogP contribution in [-0.2, 0) is 4.74 Å². The van der Waals surface area contributed by atoms with Crippen LogP contribution in [0.25, 0.3) is 0 Å². The molecule has 0 spiro atoms. The van der Waals surface area contributed by atoms with Crippen molar-refractivity contribution in [3.8, 4) is 0 Å². The quantitative estimate of drug-likeness (QED) is 0.814. The number of amides is 2. The van der Waals surface area contributed by atoms with Gasteiger partial charge in [-0.2, -0.15) is 0 Å². The van der Waals surface area contributed by atoms with E-state index in [2.05, 4.69) is 10.3 Å². The highest BCUT2D eigenvalue weighted by Gasteiger charge is 2.13. The van der Waals surface area contributed by atoms with Crippen LogP contribution in [0.5, 0.6) is 0 Å². The molecule has 1 heterocycles. The zero-order valence-electron chi connectivity index (χ0n) is 12.4. The molecule has 118 valence electrons. The van der Waals surface area contributed by atoms with E-state index in [-0.39, 0.29) is 18.0 Å². The Kier molecular flexibility index (Phi) is 5.03. The van der Waals surface area contributed by atoms with E-state index in [1.165, 1.54) is 24.3 Å². The molecule has 0 radical (unpaired) electrons. The first-order valence-corrected chi connectivity index (χ1v) is 6.86. The van der Waals surface area contributed by atoms with Crippen molar-refractivity contribution >= 4 is 23.5 Å². The minimum absolute atomic E-state index is 0.0589. The van der Waals surface area contributed by atoms with Gasteiger partial charge in [0.05, 0.1) is 6.61 Å². The number of aromatic nitrogens is 1. The van der Waals surface area contributed by atoms with Gasteiger partial charge >= 0.3 is 5.97 Å². The summed E-state index contributed by atoms with van der Waals surface area (Å²) < 4.78 is 4.84. The second-order valence-electron chi connectivity index (χ2n) is 4.52. The Labute approximate surface area is 132 Å². The standard InChI is InChI=1S/C16H15N3O4/c1-2-23-16(22)13-5-3-4-12(19-13)15(21)18-11-8-6-10(7-9-11)14(17)20/h3-9H,2H2,1H3,(H2,17,20)(H,18,21). The minimum Gasteiger partial charge on any atom is -0.461 e. The monoisotopic (exact) mass is 313 g/mol. The molecule has 23 heavy (non-hydrogen) atoms. The molecular weight excluding hydrogens is 298 g/mol. The van der Waals surface area contributed by atoms with Gasteiger partial charge in [0, 0.05) is 11.3 Å². The molecule has 0 fully saturated rings. The second-order valence-corrected chi connectivity index (χ2v) is 4.52. The lowest BCUT2D eigenvalue weighted by molar-refractivity contribution is 0.0519. The van der Waals surface area contributed by atoms with Crippen molar-refractivity contribution in [1.29, 1.82) is 0 Å². The first kappa shape index (κ1) is 16.2. The smallest absolute Gasteiger partial charge is 0.356 e. The molecule has 0 bridgehead atoms. The van der Waals surface area contributed by atoms with Crippen molar-refractivity contribution in [3.63, 3.8) is 0 Å². The Balaban J connectivity index is 2.12. The van der Waals surface area contributed by atoms with Crippen molar-refractivity contribution in [1.82, 2.24) is 4.98 Å². The summed E-state index contributed by atoms with van der Waals surface area (Å²) in [7, 11) is 0. The molecule has 0 saturated carbocycles. The number of rotatable bonds is 5. The van der Waals surface area contributed by atoms with Gasteiger partial charge in [-0.25, -0.2) is 9.78 Å². The molecular formula is C16H15N3O4. The van der Waals surface area contributed by atoms with E-state index in [9.17, 15) is 14.4 Å². The Morgan fingerprint density at radius 2 is 1.74 bits per heavy atom. The summed E-state index contributed by atoms with van der Waals surface area (Å²) in [5.74, 6) is -1.62. The molecule has 0 aliphatic rings. The van der Waals surface area contributed by atoms with Gasteiger partial charge in [0.15, 0.2) is 0 Å². The summed E-state index contributed by atoms with van der Waals surface area (Å²) in [6, 6.07) is 10.6. The number of nitrogens with two attached hydrogens (primary N) is 1. The van der Waals surface area contributed by atoms with Crippen LogP contribution in [-0.4, -0.2) is 29.4 Å². The third-order valence-corrected chi connectivity index (χ3v) is 2.89. The van der Waals surface area contributed by atoms with Crippen LogP contribution in [0.4, 0.5) is 5.69 Å². The lowest BCUT2D eigenvalue weighted by Crippen LogP contribution is -2.16. The van der Waals surface area contributed by atoms with Crippen LogP contribution in [0, 0.1) is 0 Å². The fourth-order valence-electron chi connectivity index (χ4n) is 1.79. The van der Waals surface area contributed by atoms with Gasteiger partial charge in [-0.05, 0) is 43.3 Å². The van der Waals surface area contributed by atoms with Gasteiger partial charge in [0.1, 0.15) is 11.4 Å². The third-order valence-electron chi connectivity index (χ3n) is 2.89. The molecule has 1 aromatic heterocycles. The molecule has 1 aromatic carbocycles. The first-order valence-electron chi connectivity index (χ1n) is 6.86. The molecule has 0 aliphatic heterocycles. The van der Waals surface area contributed by atoms with Crippen LogP contribution in [0.3, 0.4) is 0 Å². The van der Waals surface area contributed by atoms with Gasteiger partial charge in [-0.3, -0.25) is 9.59 Å². The highest BCUT2D eigenvalue weighted by molar-refractivity contribution is 6.03. The summed E-state index contributed by atoms with van der Waals surface area (Å²) in [4.78, 5) is 38.7. The number of nitrogens with one attached hydrogen (secondary N) is 1. The third kappa shape index (κ3) is 4.13. The Morgan fingerprint density at radius 1 is 1.09 bits per heavy atom. The van der Waals surface area contributed by atoms with E-state index in [4.69, 9.17) is 10.5 Å². The normalized spacial score (nSPS) is 9.96. The fraction of sp³-hybridized carbons (Fsp3) is 0.125. The number of primary amides is 1. The Bertz CT molecular complexity index is 741. The van der Waals surface area contributed by atoms with E-state index < -0.39 is 17.8 Å².